The van der Waals surface area contributed by atoms with Crippen molar-refractivity contribution in [3.8, 4) is 5.75 Å². The van der Waals surface area contributed by atoms with Crippen LogP contribution in [-0.4, -0.2) is 22.3 Å². The Hall–Kier alpha value is -1.63. The van der Waals surface area contributed by atoms with Gasteiger partial charge in [0, 0.05) is 16.4 Å². The van der Waals surface area contributed by atoms with E-state index in [1.54, 1.807) is 12.1 Å². The normalized spacial score (nSPS) is 32.7. The number of hydrogen-bond donors (Lipinski definition) is 1. The van der Waals surface area contributed by atoms with Crippen molar-refractivity contribution in [2.75, 3.05) is 6.61 Å². The Morgan fingerprint density at radius 1 is 1.17 bits per heavy atom. The van der Waals surface area contributed by atoms with Gasteiger partial charge in [0.15, 0.2) is 23.1 Å². The molecule has 2 atom stereocenters. The van der Waals surface area contributed by atoms with Crippen LogP contribution in [-0.2, 0) is 20.3 Å². The van der Waals surface area contributed by atoms with E-state index in [1.165, 1.54) is 6.39 Å². The number of nitrogens with zero attached hydrogens (tertiary/aromatic N) is 1. The first-order chi connectivity index (χ1) is 10.6. The zero-order valence-electron chi connectivity index (χ0n) is 14.0. The van der Waals surface area contributed by atoms with E-state index in [0.717, 1.165) is 0 Å². The summed E-state index contributed by atoms with van der Waals surface area (Å²) in [6.45, 7) is 11.0. The van der Waals surface area contributed by atoms with Crippen LogP contribution < -0.4 is 0 Å². The molecule has 2 aromatic rings. The number of phenols is 1. The highest BCUT2D eigenvalue weighted by Crippen LogP contribution is 2.69. The van der Waals surface area contributed by atoms with E-state index in [4.69, 9.17) is 18.9 Å². The van der Waals surface area contributed by atoms with Gasteiger partial charge >= 0.3 is 0 Å². The summed E-state index contributed by atoms with van der Waals surface area (Å²) >= 11 is 0. The number of oxazole rings is 1. The fraction of sp³-hybridized carbons (Fsp3) is 0.588. The fourth-order valence-corrected chi connectivity index (χ4v) is 4.38. The van der Waals surface area contributed by atoms with Gasteiger partial charge in [-0.2, -0.15) is 4.89 Å². The molecular weight excluding hydrogens is 298 g/mol. The highest BCUT2D eigenvalue weighted by molar-refractivity contribution is 5.80. The second-order valence-electron chi connectivity index (χ2n) is 8.08. The second-order valence-corrected chi connectivity index (χ2v) is 8.08. The molecule has 124 valence electrons. The Bertz CT molecular complexity index is 790. The van der Waals surface area contributed by atoms with Gasteiger partial charge in [-0.25, -0.2) is 9.87 Å². The van der Waals surface area contributed by atoms with Crippen LogP contribution in [0.4, 0.5) is 0 Å². The molecule has 1 aromatic carbocycles. The third kappa shape index (κ3) is 1.51. The summed E-state index contributed by atoms with van der Waals surface area (Å²) in [7, 11) is 0. The van der Waals surface area contributed by atoms with Crippen molar-refractivity contribution in [3.63, 3.8) is 0 Å². The van der Waals surface area contributed by atoms with Crippen molar-refractivity contribution < 1.29 is 24.0 Å². The number of aromatic nitrogens is 1. The minimum absolute atomic E-state index is 0.0345. The molecule has 0 aliphatic carbocycles. The van der Waals surface area contributed by atoms with Gasteiger partial charge in [-0.1, -0.05) is 34.6 Å². The number of aromatic hydroxyl groups is 1. The highest BCUT2D eigenvalue weighted by Gasteiger charge is 2.81. The Balaban J connectivity index is 1.96. The lowest BCUT2D eigenvalue weighted by atomic mass is 9.57. The molecule has 0 bridgehead atoms. The van der Waals surface area contributed by atoms with Gasteiger partial charge < -0.3 is 14.3 Å². The minimum atomic E-state index is -1.08. The third-order valence-corrected chi connectivity index (χ3v) is 5.19. The molecule has 0 radical (unpaired) electrons. The summed E-state index contributed by atoms with van der Waals surface area (Å²) in [4.78, 5) is 15.4. The largest absolute Gasteiger partial charge is 0.506 e. The Labute approximate surface area is 134 Å². The Kier molecular flexibility index (Phi) is 2.64. The number of phenolic OH excluding ortho intramolecular Hbond substituents is 1. The predicted molar refractivity (Wildman–Crippen MR) is 81.4 cm³/mol. The van der Waals surface area contributed by atoms with Crippen LogP contribution in [0.1, 0.15) is 40.2 Å². The van der Waals surface area contributed by atoms with Crippen molar-refractivity contribution in [3.05, 3.63) is 24.1 Å². The van der Waals surface area contributed by atoms with Crippen molar-refractivity contribution in [1.29, 1.82) is 0 Å². The molecule has 0 spiro atoms. The van der Waals surface area contributed by atoms with E-state index in [-0.39, 0.29) is 16.6 Å². The molecule has 2 saturated heterocycles. The third-order valence-electron chi connectivity index (χ3n) is 5.19. The van der Waals surface area contributed by atoms with Crippen LogP contribution in [0, 0.1) is 10.8 Å². The van der Waals surface area contributed by atoms with E-state index in [0.29, 0.717) is 23.3 Å². The minimum Gasteiger partial charge on any atom is -0.506 e. The van der Waals surface area contributed by atoms with E-state index in [2.05, 4.69) is 39.6 Å². The summed E-state index contributed by atoms with van der Waals surface area (Å²) in [6, 6.07) is 3.42. The van der Waals surface area contributed by atoms with E-state index in [1.807, 2.05) is 0 Å². The first-order valence-electron chi connectivity index (χ1n) is 7.72. The number of fused-ring (bicyclic) bond motifs is 2. The maximum absolute atomic E-state index is 10.3. The molecule has 2 aliphatic heterocycles. The molecule has 2 unspecified atom stereocenters. The zero-order chi connectivity index (χ0) is 16.7. The zero-order valence-corrected chi connectivity index (χ0v) is 14.0. The van der Waals surface area contributed by atoms with Crippen LogP contribution in [0.2, 0.25) is 0 Å². The molecule has 0 saturated carbocycles. The van der Waals surface area contributed by atoms with Gasteiger partial charge in [0.05, 0.1) is 6.61 Å². The fourth-order valence-electron chi connectivity index (χ4n) is 4.38. The van der Waals surface area contributed by atoms with Crippen LogP contribution >= 0.6 is 0 Å². The first kappa shape index (κ1) is 14.9. The summed E-state index contributed by atoms with van der Waals surface area (Å²) in [6.07, 6.45) is 1.31. The van der Waals surface area contributed by atoms with Crippen LogP contribution in [0.25, 0.3) is 11.1 Å². The van der Waals surface area contributed by atoms with E-state index in [9.17, 15) is 5.11 Å². The lowest BCUT2D eigenvalue weighted by Crippen LogP contribution is -2.73. The molecule has 6 heteroatoms. The van der Waals surface area contributed by atoms with Gasteiger partial charge in [0.2, 0.25) is 0 Å². The number of rotatable bonds is 1. The van der Waals surface area contributed by atoms with Crippen LogP contribution in [0.3, 0.4) is 0 Å². The lowest BCUT2D eigenvalue weighted by molar-refractivity contribution is -0.626. The SMILES string of the molecule is CC(C)(C)C12OOC1(c1cc(O)c3ncoc3c1)OCC2(C)C. The smallest absolute Gasteiger partial charge is 0.261 e. The summed E-state index contributed by atoms with van der Waals surface area (Å²) in [5.41, 5.74) is 0.371. The maximum Gasteiger partial charge on any atom is 0.261 e. The van der Waals surface area contributed by atoms with Crippen LogP contribution in [0.5, 0.6) is 5.75 Å². The van der Waals surface area contributed by atoms with Gasteiger partial charge in [-0.3, -0.25) is 0 Å². The molecule has 23 heavy (non-hydrogen) atoms. The highest BCUT2D eigenvalue weighted by atomic mass is 17.3. The Morgan fingerprint density at radius 3 is 2.52 bits per heavy atom. The van der Waals surface area contributed by atoms with E-state index < -0.39 is 11.4 Å². The Morgan fingerprint density at radius 2 is 1.91 bits per heavy atom. The monoisotopic (exact) mass is 319 g/mol. The lowest BCUT2D eigenvalue weighted by Gasteiger charge is -2.61. The maximum atomic E-state index is 10.3. The number of hydrogen-bond acceptors (Lipinski definition) is 6. The predicted octanol–water partition coefficient (Wildman–Crippen LogP) is 3.49. The molecule has 1 N–H and O–H groups in total. The molecule has 2 aliphatic rings. The molecule has 0 amide bonds. The molecule has 4 rings (SSSR count). The summed E-state index contributed by atoms with van der Waals surface area (Å²) in [5.74, 6) is -1.04. The topological polar surface area (TPSA) is 74.0 Å². The van der Waals surface area contributed by atoms with Crippen molar-refractivity contribution >= 4 is 11.1 Å². The van der Waals surface area contributed by atoms with Crippen molar-refractivity contribution in [1.82, 2.24) is 4.98 Å². The van der Waals surface area contributed by atoms with Gasteiger partial charge in [0.25, 0.3) is 5.79 Å². The number of ether oxygens (including phenoxy) is 1. The van der Waals surface area contributed by atoms with Gasteiger partial charge in [-0.05, 0) is 12.1 Å². The molecular formula is C17H21NO5. The summed E-state index contributed by atoms with van der Waals surface area (Å²) in [5, 5.41) is 10.3. The van der Waals surface area contributed by atoms with Crippen molar-refractivity contribution in [2.24, 2.45) is 10.8 Å². The first-order valence-corrected chi connectivity index (χ1v) is 7.72. The quantitative estimate of drug-likeness (QED) is 0.811. The van der Waals surface area contributed by atoms with Crippen LogP contribution in [0.15, 0.2) is 22.9 Å². The van der Waals surface area contributed by atoms with Crippen molar-refractivity contribution in [2.45, 2.75) is 46.0 Å². The molecule has 1 aromatic heterocycles. The summed E-state index contributed by atoms with van der Waals surface area (Å²) < 4.78 is 11.5. The average Bonchev–Trinajstić information content (AvgIpc) is 2.89. The van der Waals surface area contributed by atoms with Gasteiger partial charge in [0.1, 0.15) is 5.75 Å². The second kappa shape index (κ2) is 4.06. The standard InChI is InChI=1S/C17H21NO5/c1-14(2,3)17-15(4,5)8-21-16(17,22-23-17)10-6-11(19)13-12(7-10)20-9-18-13/h6-7,9,19H,8H2,1-5H3. The average molecular weight is 319 g/mol. The molecule has 2 fully saturated rings. The van der Waals surface area contributed by atoms with E-state index >= 15 is 0 Å². The van der Waals surface area contributed by atoms with Gasteiger partial charge in [-0.15, -0.1) is 0 Å². The molecule has 3 heterocycles. The number of benzene rings is 1. The molecule has 6 nitrogen and oxygen atoms in total.